The molecule has 1 amide bonds. The van der Waals surface area contributed by atoms with Gasteiger partial charge in [0.05, 0.1) is 13.7 Å². The first-order chi connectivity index (χ1) is 14.8. The predicted molar refractivity (Wildman–Crippen MR) is 120 cm³/mol. The number of carbonyl (C=O) groups is 1. The van der Waals surface area contributed by atoms with Gasteiger partial charge >= 0.3 is 0 Å². The van der Waals surface area contributed by atoms with Crippen LogP contribution in [-0.2, 0) is 4.74 Å². The molecule has 164 valence electrons. The number of carbonyl (C=O) groups excluding carboxylic acids is 1. The summed E-state index contributed by atoms with van der Waals surface area (Å²) in [5.41, 5.74) is 10.5. The van der Waals surface area contributed by atoms with E-state index in [1.165, 1.54) is 5.56 Å². The molecule has 0 spiro atoms. The van der Waals surface area contributed by atoms with Gasteiger partial charge in [0.2, 0.25) is 5.90 Å². The minimum Gasteiger partial charge on any atom is -0.497 e. The normalized spacial score (nSPS) is 14.5. The highest BCUT2D eigenvalue weighted by Gasteiger charge is 2.32. The molecule has 7 nitrogen and oxygen atoms in total. The van der Waals surface area contributed by atoms with Crippen molar-refractivity contribution in [1.82, 2.24) is 4.90 Å². The summed E-state index contributed by atoms with van der Waals surface area (Å²) in [5, 5.41) is 16.8. The zero-order valence-electron chi connectivity index (χ0n) is 18.1. The minimum atomic E-state index is -0.175. The number of benzene rings is 2. The van der Waals surface area contributed by atoms with Crippen molar-refractivity contribution in [1.29, 1.82) is 5.41 Å². The number of methoxy groups -OCH3 is 1. The van der Waals surface area contributed by atoms with Gasteiger partial charge in [0.1, 0.15) is 12.4 Å². The average molecular weight is 424 g/mol. The number of aliphatic hydroxyl groups is 1. The van der Waals surface area contributed by atoms with E-state index in [1.807, 2.05) is 42.2 Å². The first-order valence-electron chi connectivity index (χ1n) is 10.2. The predicted octanol–water partition coefficient (Wildman–Crippen LogP) is 2.92. The standard InChI is InChI=1S/C24H29N3O4/c1-15-4-5-18(12-21(15)22(25)16(2)23(26)31-11-10-28)24(29)27-13-19(14-27)17-6-8-20(30-3)9-7-17/h4-9,12,19,26,28H,10-11,13-14,25H2,1-3H3/b22-16-,26-23?. The van der Waals surface area contributed by atoms with Gasteiger partial charge < -0.3 is 25.2 Å². The van der Waals surface area contributed by atoms with Crippen LogP contribution in [0.2, 0.25) is 0 Å². The molecule has 0 unspecified atom stereocenters. The lowest BCUT2D eigenvalue weighted by atomic mass is 9.90. The van der Waals surface area contributed by atoms with Crippen molar-refractivity contribution >= 4 is 17.5 Å². The van der Waals surface area contributed by atoms with Crippen LogP contribution in [0.1, 0.15) is 39.9 Å². The van der Waals surface area contributed by atoms with Crippen molar-refractivity contribution in [3.63, 3.8) is 0 Å². The monoisotopic (exact) mass is 423 g/mol. The molecule has 2 aromatic rings. The number of amides is 1. The first kappa shape index (κ1) is 22.4. The van der Waals surface area contributed by atoms with Gasteiger partial charge in [-0.25, -0.2) is 0 Å². The number of nitrogens with two attached hydrogens (primary N) is 1. The molecule has 1 aliphatic heterocycles. The average Bonchev–Trinajstić information content (AvgIpc) is 2.76. The number of nitrogens with zero attached hydrogens (tertiary/aromatic N) is 1. The molecular formula is C24H29N3O4. The Morgan fingerprint density at radius 3 is 2.52 bits per heavy atom. The highest BCUT2D eigenvalue weighted by Crippen LogP contribution is 2.30. The number of likely N-dealkylation sites (tertiary alicyclic amines) is 1. The van der Waals surface area contributed by atoms with E-state index < -0.39 is 0 Å². The number of rotatable bonds is 7. The summed E-state index contributed by atoms with van der Waals surface area (Å²) >= 11 is 0. The van der Waals surface area contributed by atoms with Crippen LogP contribution in [0.15, 0.2) is 48.0 Å². The third-order valence-corrected chi connectivity index (χ3v) is 5.61. The van der Waals surface area contributed by atoms with Crippen molar-refractivity contribution in [3.8, 4) is 5.75 Å². The maximum atomic E-state index is 13.0. The Kier molecular flexibility index (Phi) is 6.97. The lowest BCUT2D eigenvalue weighted by molar-refractivity contribution is 0.0602. The molecule has 4 N–H and O–H groups in total. The molecule has 0 bridgehead atoms. The van der Waals surface area contributed by atoms with E-state index in [0.717, 1.165) is 11.3 Å². The smallest absolute Gasteiger partial charge is 0.253 e. The summed E-state index contributed by atoms with van der Waals surface area (Å²) < 4.78 is 10.4. The van der Waals surface area contributed by atoms with Crippen LogP contribution >= 0.6 is 0 Å². The Morgan fingerprint density at radius 2 is 1.90 bits per heavy atom. The number of hydrogen-bond donors (Lipinski definition) is 3. The van der Waals surface area contributed by atoms with Crippen molar-refractivity contribution in [2.75, 3.05) is 33.4 Å². The second kappa shape index (κ2) is 9.66. The van der Waals surface area contributed by atoms with Crippen LogP contribution in [0.5, 0.6) is 5.75 Å². The van der Waals surface area contributed by atoms with Gasteiger partial charge in [0.15, 0.2) is 0 Å². The van der Waals surface area contributed by atoms with Crippen LogP contribution in [0.25, 0.3) is 5.70 Å². The van der Waals surface area contributed by atoms with E-state index >= 15 is 0 Å². The van der Waals surface area contributed by atoms with Crippen molar-refractivity contribution in [2.45, 2.75) is 19.8 Å². The van der Waals surface area contributed by atoms with Gasteiger partial charge in [0, 0.05) is 41.4 Å². The quantitative estimate of drug-likeness (QED) is 0.469. The summed E-state index contributed by atoms with van der Waals surface area (Å²) in [6, 6.07) is 13.4. The summed E-state index contributed by atoms with van der Waals surface area (Å²) in [5.74, 6) is 1.01. The van der Waals surface area contributed by atoms with Crippen molar-refractivity contribution < 1.29 is 19.4 Å². The van der Waals surface area contributed by atoms with Crippen LogP contribution in [-0.4, -0.2) is 55.2 Å². The van der Waals surface area contributed by atoms with E-state index in [0.29, 0.717) is 41.4 Å². The van der Waals surface area contributed by atoms with Crippen LogP contribution < -0.4 is 10.5 Å². The minimum absolute atomic E-state index is 0.0330. The molecule has 0 radical (unpaired) electrons. The zero-order chi connectivity index (χ0) is 22.5. The Morgan fingerprint density at radius 1 is 1.23 bits per heavy atom. The fourth-order valence-electron chi connectivity index (χ4n) is 3.54. The first-order valence-corrected chi connectivity index (χ1v) is 10.2. The molecule has 0 aliphatic carbocycles. The third-order valence-electron chi connectivity index (χ3n) is 5.61. The Balaban J connectivity index is 1.72. The molecule has 3 rings (SSSR count). The van der Waals surface area contributed by atoms with Gasteiger partial charge in [-0.1, -0.05) is 18.2 Å². The fourth-order valence-corrected chi connectivity index (χ4v) is 3.54. The summed E-state index contributed by atoms with van der Waals surface area (Å²) in [4.78, 5) is 14.8. The van der Waals surface area contributed by atoms with E-state index in [2.05, 4.69) is 0 Å². The number of aliphatic hydroxyl groups excluding tert-OH is 1. The highest BCUT2D eigenvalue weighted by atomic mass is 16.5. The molecular weight excluding hydrogens is 394 g/mol. The molecule has 1 saturated heterocycles. The number of hydrogen-bond acceptors (Lipinski definition) is 6. The molecule has 1 aliphatic rings. The lowest BCUT2D eigenvalue weighted by Gasteiger charge is -2.39. The van der Waals surface area contributed by atoms with Crippen LogP contribution in [0.3, 0.4) is 0 Å². The van der Waals surface area contributed by atoms with Gasteiger partial charge in [-0.15, -0.1) is 0 Å². The van der Waals surface area contributed by atoms with E-state index in [4.69, 9.17) is 25.7 Å². The molecule has 31 heavy (non-hydrogen) atoms. The Bertz CT molecular complexity index is 992. The lowest BCUT2D eigenvalue weighted by Crippen LogP contribution is -2.48. The second-order valence-electron chi connectivity index (χ2n) is 7.65. The molecule has 7 heteroatoms. The van der Waals surface area contributed by atoms with Gasteiger partial charge in [0.25, 0.3) is 5.91 Å². The van der Waals surface area contributed by atoms with E-state index in [9.17, 15) is 4.79 Å². The highest BCUT2D eigenvalue weighted by molar-refractivity contribution is 6.00. The summed E-state index contributed by atoms with van der Waals surface area (Å²) in [6.07, 6.45) is 0. The summed E-state index contributed by atoms with van der Waals surface area (Å²) in [6.45, 7) is 4.79. The number of ether oxygens (including phenoxy) is 2. The van der Waals surface area contributed by atoms with Crippen LogP contribution in [0.4, 0.5) is 0 Å². The number of aryl methyl sites for hydroxylation is 1. The largest absolute Gasteiger partial charge is 0.497 e. The maximum Gasteiger partial charge on any atom is 0.253 e. The molecule has 0 atom stereocenters. The van der Waals surface area contributed by atoms with Gasteiger partial charge in [-0.3, -0.25) is 10.2 Å². The second-order valence-corrected chi connectivity index (χ2v) is 7.65. The summed E-state index contributed by atoms with van der Waals surface area (Å²) in [7, 11) is 1.64. The Hall–Kier alpha value is -3.32. The number of nitrogens with one attached hydrogen (secondary N) is 1. The zero-order valence-corrected chi connectivity index (χ0v) is 18.1. The third kappa shape index (κ3) is 4.88. The van der Waals surface area contributed by atoms with Crippen molar-refractivity contribution in [2.24, 2.45) is 5.73 Å². The molecule has 0 saturated carbocycles. The SMILES string of the molecule is COc1ccc(C2CN(C(=O)c3ccc(C)c(/C(N)=C(\C)C(=N)OCCO)c3)C2)cc1. The van der Waals surface area contributed by atoms with Gasteiger partial charge in [-0.05, 0) is 49.2 Å². The van der Waals surface area contributed by atoms with Crippen molar-refractivity contribution in [3.05, 3.63) is 70.3 Å². The topological polar surface area (TPSA) is 109 Å². The van der Waals surface area contributed by atoms with E-state index in [1.54, 1.807) is 26.2 Å². The molecule has 1 fully saturated rings. The van der Waals surface area contributed by atoms with E-state index in [-0.39, 0.29) is 25.0 Å². The van der Waals surface area contributed by atoms with Crippen LogP contribution in [0, 0.1) is 12.3 Å². The Labute approximate surface area is 182 Å². The fraction of sp³-hybridized carbons (Fsp3) is 0.333. The maximum absolute atomic E-state index is 13.0. The van der Waals surface area contributed by atoms with Gasteiger partial charge in [-0.2, -0.15) is 0 Å². The molecule has 2 aromatic carbocycles. The molecule has 1 heterocycles. The molecule has 0 aromatic heterocycles.